The van der Waals surface area contributed by atoms with Gasteiger partial charge in [-0.1, -0.05) is 12.1 Å². The van der Waals surface area contributed by atoms with Gasteiger partial charge in [0.2, 0.25) is 0 Å². The van der Waals surface area contributed by atoms with Crippen LogP contribution in [0.5, 0.6) is 0 Å². The second-order valence-electron chi connectivity index (χ2n) is 4.75. The Labute approximate surface area is 108 Å². The minimum atomic E-state index is -0.322. The highest BCUT2D eigenvalue weighted by atomic mass is 16.5. The number of rotatable bonds is 6. The summed E-state index contributed by atoms with van der Waals surface area (Å²) in [5.74, 6) is -0.322. The number of ether oxygens (including phenoxy) is 2. The molecule has 0 aliphatic rings. The minimum Gasteiger partial charge on any atom is -0.462 e. The molecular weight excluding hydrogens is 230 g/mol. The molecule has 4 nitrogen and oxygen atoms in total. The third kappa shape index (κ3) is 4.47. The van der Waals surface area contributed by atoms with E-state index in [-0.39, 0.29) is 11.6 Å². The Hall–Kier alpha value is -1.39. The number of carbonyl (C=O) groups is 1. The van der Waals surface area contributed by atoms with Gasteiger partial charge < -0.3 is 15.2 Å². The molecule has 0 bridgehead atoms. The molecule has 4 heteroatoms. The van der Waals surface area contributed by atoms with Gasteiger partial charge in [0, 0.05) is 20.1 Å². The highest BCUT2D eigenvalue weighted by Crippen LogP contribution is 2.13. The molecule has 0 saturated carbocycles. The highest BCUT2D eigenvalue weighted by molar-refractivity contribution is 5.89. The first-order chi connectivity index (χ1) is 8.48. The summed E-state index contributed by atoms with van der Waals surface area (Å²) in [7, 11) is 1.65. The van der Waals surface area contributed by atoms with Gasteiger partial charge in [0.1, 0.15) is 0 Å². The fourth-order valence-corrected chi connectivity index (χ4v) is 1.40. The first-order valence-corrected chi connectivity index (χ1v) is 6.00. The lowest BCUT2D eigenvalue weighted by Gasteiger charge is -2.22. The SMILES string of the molecule is COC(C)(C)CCOC(=O)c1cccc(CN)c1. The van der Waals surface area contributed by atoms with Gasteiger partial charge in [0.05, 0.1) is 17.8 Å². The first-order valence-electron chi connectivity index (χ1n) is 6.00. The number of methoxy groups -OCH3 is 1. The monoisotopic (exact) mass is 251 g/mol. The van der Waals surface area contributed by atoms with Crippen molar-refractivity contribution in [3.8, 4) is 0 Å². The number of benzene rings is 1. The lowest BCUT2D eigenvalue weighted by Crippen LogP contribution is -2.25. The number of esters is 1. The molecule has 0 unspecified atom stereocenters. The van der Waals surface area contributed by atoms with Gasteiger partial charge in [-0.3, -0.25) is 0 Å². The van der Waals surface area contributed by atoms with Crippen LogP contribution in [0, 0.1) is 0 Å². The van der Waals surface area contributed by atoms with Gasteiger partial charge in [-0.25, -0.2) is 4.79 Å². The van der Waals surface area contributed by atoms with Gasteiger partial charge >= 0.3 is 5.97 Å². The quantitative estimate of drug-likeness (QED) is 0.787. The van der Waals surface area contributed by atoms with Crippen molar-refractivity contribution in [3.63, 3.8) is 0 Å². The number of nitrogens with two attached hydrogens (primary N) is 1. The minimum absolute atomic E-state index is 0.278. The molecule has 0 atom stereocenters. The van der Waals surface area contributed by atoms with Crippen molar-refractivity contribution in [1.29, 1.82) is 0 Å². The van der Waals surface area contributed by atoms with Crippen LogP contribution < -0.4 is 5.73 Å². The van der Waals surface area contributed by atoms with Crippen molar-refractivity contribution in [1.82, 2.24) is 0 Å². The van der Waals surface area contributed by atoms with Crippen LogP contribution >= 0.6 is 0 Å². The molecule has 0 aliphatic carbocycles. The summed E-state index contributed by atoms with van der Waals surface area (Å²) in [5.41, 5.74) is 6.70. The number of hydrogen-bond donors (Lipinski definition) is 1. The van der Waals surface area contributed by atoms with Crippen LogP contribution in [0.15, 0.2) is 24.3 Å². The summed E-state index contributed by atoms with van der Waals surface area (Å²) in [6.45, 7) is 4.66. The van der Waals surface area contributed by atoms with E-state index < -0.39 is 0 Å². The maximum absolute atomic E-state index is 11.8. The second kappa shape index (κ2) is 6.52. The average Bonchev–Trinajstić information content (AvgIpc) is 2.38. The van der Waals surface area contributed by atoms with Crippen molar-refractivity contribution in [3.05, 3.63) is 35.4 Å². The molecule has 18 heavy (non-hydrogen) atoms. The topological polar surface area (TPSA) is 61.5 Å². The van der Waals surface area contributed by atoms with Crippen LogP contribution in [0.4, 0.5) is 0 Å². The molecule has 2 N–H and O–H groups in total. The Morgan fingerprint density at radius 3 is 2.72 bits per heavy atom. The summed E-state index contributed by atoms with van der Waals surface area (Å²) in [6.07, 6.45) is 0.659. The zero-order chi connectivity index (χ0) is 13.6. The van der Waals surface area contributed by atoms with Crippen LogP contribution in [0.25, 0.3) is 0 Å². The Bertz CT molecular complexity index is 402. The maximum Gasteiger partial charge on any atom is 0.338 e. The molecule has 1 rings (SSSR count). The van der Waals surface area contributed by atoms with Crippen LogP contribution in [0.1, 0.15) is 36.2 Å². The predicted octanol–water partition coefficient (Wildman–Crippen LogP) is 2.12. The van der Waals surface area contributed by atoms with Crippen LogP contribution in [0.2, 0.25) is 0 Å². The van der Waals surface area contributed by atoms with Gasteiger partial charge in [0.25, 0.3) is 0 Å². The third-order valence-electron chi connectivity index (χ3n) is 2.89. The van der Waals surface area contributed by atoms with Crippen molar-refractivity contribution in [2.75, 3.05) is 13.7 Å². The predicted molar refractivity (Wildman–Crippen MR) is 70.3 cm³/mol. The van der Waals surface area contributed by atoms with Gasteiger partial charge in [-0.05, 0) is 31.5 Å². The summed E-state index contributed by atoms with van der Waals surface area (Å²) in [4.78, 5) is 11.8. The van der Waals surface area contributed by atoms with Crippen LogP contribution in [-0.4, -0.2) is 25.3 Å². The lowest BCUT2D eigenvalue weighted by atomic mass is 10.1. The third-order valence-corrected chi connectivity index (χ3v) is 2.89. The van der Waals surface area contributed by atoms with E-state index >= 15 is 0 Å². The van der Waals surface area contributed by atoms with Crippen LogP contribution in [0.3, 0.4) is 0 Å². The molecule has 0 fully saturated rings. The van der Waals surface area contributed by atoms with E-state index in [0.29, 0.717) is 25.1 Å². The zero-order valence-electron chi connectivity index (χ0n) is 11.2. The van der Waals surface area contributed by atoms with E-state index in [1.165, 1.54) is 0 Å². The standard InChI is InChI=1S/C14H21NO3/c1-14(2,17-3)7-8-18-13(16)12-6-4-5-11(9-12)10-15/h4-6,9H,7-8,10,15H2,1-3H3. The summed E-state index contributed by atoms with van der Waals surface area (Å²) in [6, 6.07) is 7.16. The summed E-state index contributed by atoms with van der Waals surface area (Å²) in [5, 5.41) is 0. The fraction of sp³-hybridized carbons (Fsp3) is 0.500. The van der Waals surface area contributed by atoms with Gasteiger partial charge in [-0.15, -0.1) is 0 Å². The van der Waals surface area contributed by atoms with E-state index in [2.05, 4.69) is 0 Å². The molecule has 0 spiro atoms. The Morgan fingerprint density at radius 2 is 2.11 bits per heavy atom. The Morgan fingerprint density at radius 1 is 1.39 bits per heavy atom. The van der Waals surface area contributed by atoms with E-state index in [1.54, 1.807) is 25.3 Å². The van der Waals surface area contributed by atoms with E-state index in [9.17, 15) is 4.79 Å². The molecule has 0 aliphatic heterocycles. The largest absolute Gasteiger partial charge is 0.462 e. The molecule has 0 saturated heterocycles. The number of carbonyl (C=O) groups excluding carboxylic acids is 1. The van der Waals surface area contributed by atoms with Crippen molar-refractivity contribution in [2.24, 2.45) is 5.73 Å². The van der Waals surface area contributed by atoms with Crippen molar-refractivity contribution in [2.45, 2.75) is 32.4 Å². The highest BCUT2D eigenvalue weighted by Gasteiger charge is 2.17. The van der Waals surface area contributed by atoms with Gasteiger partial charge in [0.15, 0.2) is 0 Å². The Kier molecular flexibility index (Phi) is 5.31. The zero-order valence-corrected chi connectivity index (χ0v) is 11.2. The summed E-state index contributed by atoms with van der Waals surface area (Å²) >= 11 is 0. The molecular formula is C14H21NO3. The second-order valence-corrected chi connectivity index (χ2v) is 4.75. The van der Waals surface area contributed by atoms with E-state index in [0.717, 1.165) is 5.56 Å². The molecule has 100 valence electrons. The number of hydrogen-bond acceptors (Lipinski definition) is 4. The molecule has 0 aromatic heterocycles. The normalized spacial score (nSPS) is 11.3. The summed E-state index contributed by atoms with van der Waals surface area (Å²) < 4.78 is 10.5. The lowest BCUT2D eigenvalue weighted by molar-refractivity contribution is -0.00563. The molecule has 0 heterocycles. The van der Waals surface area contributed by atoms with Crippen molar-refractivity contribution < 1.29 is 14.3 Å². The molecule has 0 amide bonds. The van der Waals surface area contributed by atoms with Crippen molar-refractivity contribution >= 4 is 5.97 Å². The maximum atomic E-state index is 11.8. The van der Waals surface area contributed by atoms with Gasteiger partial charge in [-0.2, -0.15) is 0 Å². The van der Waals surface area contributed by atoms with E-state index in [4.69, 9.17) is 15.2 Å². The molecule has 1 aromatic carbocycles. The average molecular weight is 251 g/mol. The van der Waals surface area contributed by atoms with E-state index in [1.807, 2.05) is 19.9 Å². The van der Waals surface area contributed by atoms with Crippen LogP contribution in [-0.2, 0) is 16.0 Å². The smallest absolute Gasteiger partial charge is 0.338 e. The fourth-order valence-electron chi connectivity index (χ4n) is 1.40. The first kappa shape index (κ1) is 14.7. The Balaban J connectivity index is 2.50. The molecule has 1 aromatic rings. The molecule has 0 radical (unpaired) electrons.